The van der Waals surface area contributed by atoms with Crippen LogP contribution in [-0.2, 0) is 6.54 Å². The molecule has 0 spiro atoms. The van der Waals surface area contributed by atoms with E-state index in [9.17, 15) is 9.90 Å². The van der Waals surface area contributed by atoms with E-state index < -0.39 is 6.09 Å². The van der Waals surface area contributed by atoms with E-state index in [4.69, 9.17) is 11.6 Å². The van der Waals surface area contributed by atoms with Crippen LogP contribution in [-0.4, -0.2) is 37.4 Å². The molecule has 1 aliphatic rings. The minimum Gasteiger partial charge on any atom is -0.465 e. The van der Waals surface area contributed by atoms with E-state index in [1.807, 2.05) is 24.3 Å². The van der Waals surface area contributed by atoms with Crippen LogP contribution in [0.2, 0.25) is 5.02 Å². The summed E-state index contributed by atoms with van der Waals surface area (Å²) in [5.41, 5.74) is 1.05. The van der Waals surface area contributed by atoms with Crippen LogP contribution in [0.3, 0.4) is 0 Å². The molecule has 1 unspecified atom stereocenters. The van der Waals surface area contributed by atoms with Crippen LogP contribution in [0.4, 0.5) is 4.79 Å². The summed E-state index contributed by atoms with van der Waals surface area (Å²) in [6.45, 7) is 1.10. The van der Waals surface area contributed by atoms with Gasteiger partial charge in [0.25, 0.3) is 0 Å². The van der Waals surface area contributed by atoms with Gasteiger partial charge in [-0.2, -0.15) is 5.10 Å². The van der Waals surface area contributed by atoms with Gasteiger partial charge in [-0.15, -0.1) is 0 Å². The van der Waals surface area contributed by atoms with Crippen molar-refractivity contribution in [2.45, 2.75) is 25.4 Å². The average molecular weight is 307 g/mol. The summed E-state index contributed by atoms with van der Waals surface area (Å²) >= 11 is 5.88. The van der Waals surface area contributed by atoms with Crippen LogP contribution in [0.15, 0.2) is 30.6 Å². The van der Waals surface area contributed by atoms with Crippen molar-refractivity contribution in [3.63, 3.8) is 0 Å². The number of carbonyl (C=O) groups is 1. The van der Waals surface area contributed by atoms with Crippen molar-refractivity contribution in [1.29, 1.82) is 0 Å². The maximum absolute atomic E-state index is 11.3. The molecular formula is C14H15ClN4O2. The molecule has 2 aromatic rings. The lowest BCUT2D eigenvalue weighted by Crippen LogP contribution is -2.30. The van der Waals surface area contributed by atoms with Crippen LogP contribution in [0, 0.1) is 0 Å². The number of nitrogens with zero attached hydrogens (tertiary/aromatic N) is 4. The summed E-state index contributed by atoms with van der Waals surface area (Å²) < 4.78 is 1.76. The molecule has 6 nitrogen and oxygen atoms in total. The lowest BCUT2D eigenvalue weighted by molar-refractivity contribution is 0.137. The number of halogens is 1. The summed E-state index contributed by atoms with van der Waals surface area (Å²) in [4.78, 5) is 17.0. The highest BCUT2D eigenvalue weighted by Crippen LogP contribution is 2.30. The van der Waals surface area contributed by atoms with Crippen molar-refractivity contribution in [3.8, 4) is 0 Å². The van der Waals surface area contributed by atoms with E-state index in [0.717, 1.165) is 18.4 Å². The normalized spacial score (nSPS) is 18.1. The molecule has 1 aromatic carbocycles. The molecule has 21 heavy (non-hydrogen) atoms. The number of rotatable bonds is 3. The second kappa shape index (κ2) is 5.73. The molecule has 110 valence electrons. The Morgan fingerprint density at radius 3 is 2.86 bits per heavy atom. The number of hydrogen-bond donors (Lipinski definition) is 1. The van der Waals surface area contributed by atoms with Crippen molar-refractivity contribution in [2.24, 2.45) is 0 Å². The molecule has 1 fully saturated rings. The molecule has 0 bridgehead atoms. The molecule has 0 saturated carbocycles. The van der Waals surface area contributed by atoms with E-state index >= 15 is 0 Å². The highest BCUT2D eigenvalue weighted by Gasteiger charge is 2.33. The first-order valence-electron chi connectivity index (χ1n) is 6.77. The third-order valence-corrected chi connectivity index (χ3v) is 3.94. The lowest BCUT2D eigenvalue weighted by Gasteiger charge is -2.21. The van der Waals surface area contributed by atoms with E-state index in [0.29, 0.717) is 23.9 Å². The van der Waals surface area contributed by atoms with Crippen LogP contribution < -0.4 is 0 Å². The van der Waals surface area contributed by atoms with E-state index in [1.165, 1.54) is 11.2 Å². The van der Waals surface area contributed by atoms with Gasteiger partial charge < -0.3 is 5.11 Å². The van der Waals surface area contributed by atoms with Crippen molar-refractivity contribution >= 4 is 17.7 Å². The van der Waals surface area contributed by atoms with Gasteiger partial charge in [-0.05, 0) is 30.5 Å². The Balaban J connectivity index is 1.83. The summed E-state index contributed by atoms with van der Waals surface area (Å²) in [6, 6.07) is 7.30. The van der Waals surface area contributed by atoms with Crippen LogP contribution >= 0.6 is 11.6 Å². The van der Waals surface area contributed by atoms with Gasteiger partial charge in [0, 0.05) is 11.6 Å². The zero-order valence-corrected chi connectivity index (χ0v) is 12.1. The Morgan fingerprint density at radius 1 is 1.38 bits per heavy atom. The summed E-state index contributed by atoms with van der Waals surface area (Å²) in [7, 11) is 0. The number of benzene rings is 1. The maximum Gasteiger partial charge on any atom is 0.407 e. The standard InChI is InChI=1S/C14H15ClN4O2/c15-11-5-3-10(4-6-11)8-19-13(16-9-17-19)12-2-1-7-18(12)14(20)21/h3-6,9,12H,1-2,7-8H2,(H,20,21). The Kier molecular flexibility index (Phi) is 3.79. The monoisotopic (exact) mass is 306 g/mol. The van der Waals surface area contributed by atoms with E-state index in [1.54, 1.807) is 4.68 Å². The fraction of sp³-hybridized carbons (Fsp3) is 0.357. The van der Waals surface area contributed by atoms with Crippen molar-refractivity contribution in [3.05, 3.63) is 47.0 Å². The third kappa shape index (κ3) is 2.85. The summed E-state index contributed by atoms with van der Waals surface area (Å²) in [6.07, 6.45) is 2.21. The predicted molar refractivity (Wildman–Crippen MR) is 77.3 cm³/mol. The Labute approximate surface area is 127 Å². The van der Waals surface area contributed by atoms with Gasteiger partial charge in [0.05, 0.1) is 12.6 Å². The van der Waals surface area contributed by atoms with Crippen LogP contribution in [0.25, 0.3) is 0 Å². The third-order valence-electron chi connectivity index (χ3n) is 3.69. The van der Waals surface area contributed by atoms with Crippen LogP contribution in [0.5, 0.6) is 0 Å². The number of amides is 1. The molecule has 0 radical (unpaired) electrons. The Morgan fingerprint density at radius 2 is 2.14 bits per heavy atom. The Bertz CT molecular complexity index is 641. The van der Waals surface area contributed by atoms with Gasteiger partial charge >= 0.3 is 6.09 Å². The minimum atomic E-state index is -0.904. The van der Waals surface area contributed by atoms with Gasteiger partial charge in [0.1, 0.15) is 12.2 Å². The van der Waals surface area contributed by atoms with Gasteiger partial charge in [-0.25, -0.2) is 14.5 Å². The first kappa shape index (κ1) is 13.9. The molecule has 1 N–H and O–H groups in total. The fourth-order valence-electron chi connectivity index (χ4n) is 2.68. The smallest absolute Gasteiger partial charge is 0.407 e. The summed E-state index contributed by atoms with van der Waals surface area (Å²) in [5.74, 6) is 0.699. The summed E-state index contributed by atoms with van der Waals surface area (Å²) in [5, 5.41) is 14.2. The molecule has 3 rings (SSSR count). The molecular weight excluding hydrogens is 292 g/mol. The second-order valence-electron chi connectivity index (χ2n) is 5.04. The van der Waals surface area contributed by atoms with Gasteiger partial charge in [-0.3, -0.25) is 4.90 Å². The molecule has 2 heterocycles. The molecule has 0 aliphatic carbocycles. The Hall–Kier alpha value is -2.08. The zero-order valence-electron chi connectivity index (χ0n) is 11.3. The number of aromatic nitrogens is 3. The molecule has 1 aromatic heterocycles. The number of carboxylic acid groups (broad SMARTS) is 1. The second-order valence-corrected chi connectivity index (χ2v) is 5.47. The quantitative estimate of drug-likeness (QED) is 0.946. The molecule has 1 aliphatic heterocycles. The van der Waals surface area contributed by atoms with E-state index in [2.05, 4.69) is 10.1 Å². The number of hydrogen-bond acceptors (Lipinski definition) is 3. The van der Waals surface area contributed by atoms with Crippen molar-refractivity contribution in [2.75, 3.05) is 6.54 Å². The lowest BCUT2D eigenvalue weighted by atomic mass is 10.2. The minimum absolute atomic E-state index is 0.211. The van der Waals surface area contributed by atoms with Crippen molar-refractivity contribution < 1.29 is 9.90 Å². The zero-order chi connectivity index (χ0) is 14.8. The van der Waals surface area contributed by atoms with Gasteiger partial charge in [0.15, 0.2) is 0 Å². The highest BCUT2D eigenvalue weighted by atomic mass is 35.5. The maximum atomic E-state index is 11.3. The first-order chi connectivity index (χ1) is 10.1. The molecule has 1 amide bonds. The highest BCUT2D eigenvalue weighted by molar-refractivity contribution is 6.30. The van der Waals surface area contributed by atoms with Crippen molar-refractivity contribution in [1.82, 2.24) is 19.7 Å². The SMILES string of the molecule is O=C(O)N1CCCC1c1ncnn1Cc1ccc(Cl)cc1. The van der Waals surface area contributed by atoms with Gasteiger partial charge in [0.2, 0.25) is 0 Å². The predicted octanol–water partition coefficient (Wildman–Crippen LogP) is 2.79. The number of likely N-dealkylation sites (tertiary alicyclic amines) is 1. The van der Waals surface area contributed by atoms with E-state index in [-0.39, 0.29) is 6.04 Å². The van der Waals surface area contributed by atoms with Gasteiger partial charge in [-0.1, -0.05) is 23.7 Å². The van der Waals surface area contributed by atoms with Crippen LogP contribution in [0.1, 0.15) is 30.3 Å². The largest absolute Gasteiger partial charge is 0.465 e. The molecule has 1 saturated heterocycles. The topological polar surface area (TPSA) is 71.2 Å². The first-order valence-corrected chi connectivity index (χ1v) is 7.14. The fourth-order valence-corrected chi connectivity index (χ4v) is 2.81. The molecule has 1 atom stereocenters. The average Bonchev–Trinajstić information content (AvgIpc) is 3.09. The molecule has 7 heteroatoms.